The van der Waals surface area contributed by atoms with Gasteiger partial charge in [0.2, 0.25) is 11.8 Å². The molecule has 0 unspecified atom stereocenters. The third-order valence-corrected chi connectivity index (χ3v) is 6.80. The van der Waals surface area contributed by atoms with Crippen LogP contribution in [0.4, 0.5) is 10.1 Å². The number of carbonyl (C=O) groups is 2. The average Bonchev–Trinajstić information content (AvgIpc) is 3.56. The van der Waals surface area contributed by atoms with Gasteiger partial charge in [-0.3, -0.25) is 9.59 Å². The third kappa shape index (κ3) is 5.08. The Hall–Kier alpha value is -2.97. The van der Waals surface area contributed by atoms with Crippen LogP contribution in [0.25, 0.3) is 0 Å². The van der Waals surface area contributed by atoms with E-state index in [-0.39, 0.29) is 49.2 Å². The first-order valence-corrected chi connectivity index (χ1v) is 11.9. The standard InChI is InChI=1S/C26H29FN2O5/c27-21-4-2-1-3-16(21)13-28-24(31)12-18-11-20-19-10-17(29-25(32)9-15-5-6-15)7-8-22(19)34-26(20)23(14-30)33-18/h1-4,7-8,10,15,18,20,23,26,30H,5-6,9,11-14H2,(H,28,31)(H,29,32)/t18-,20-,23-,26+/m1/s1. The van der Waals surface area contributed by atoms with Crippen molar-refractivity contribution in [2.24, 2.45) is 5.92 Å². The number of anilines is 1. The molecule has 4 atom stereocenters. The highest BCUT2D eigenvalue weighted by Crippen LogP contribution is 2.47. The summed E-state index contributed by atoms with van der Waals surface area (Å²) in [5.41, 5.74) is 2.09. The van der Waals surface area contributed by atoms with Crippen LogP contribution in [0.5, 0.6) is 5.75 Å². The van der Waals surface area contributed by atoms with Crippen LogP contribution >= 0.6 is 0 Å². The molecule has 0 bridgehead atoms. The molecular formula is C26H29FN2O5. The van der Waals surface area contributed by atoms with E-state index in [1.54, 1.807) is 18.2 Å². The number of aliphatic hydroxyl groups is 1. The normalized spacial score (nSPS) is 25.1. The SMILES string of the molecule is O=C(C[C@H]1C[C@@H]2c3cc(NC(=O)CC4CC4)ccc3O[C@@H]2[C@@H](CO)O1)NCc1ccccc1F. The first-order chi connectivity index (χ1) is 16.5. The Labute approximate surface area is 197 Å². The molecule has 7 nitrogen and oxygen atoms in total. The fraction of sp³-hybridized carbons (Fsp3) is 0.462. The number of benzene rings is 2. The molecule has 2 aromatic rings. The third-order valence-electron chi connectivity index (χ3n) is 6.80. The topological polar surface area (TPSA) is 96.9 Å². The van der Waals surface area contributed by atoms with Crippen molar-refractivity contribution >= 4 is 17.5 Å². The summed E-state index contributed by atoms with van der Waals surface area (Å²) >= 11 is 0. The first-order valence-electron chi connectivity index (χ1n) is 11.9. The van der Waals surface area contributed by atoms with E-state index in [0.29, 0.717) is 30.1 Å². The van der Waals surface area contributed by atoms with Gasteiger partial charge in [0.15, 0.2) is 0 Å². The zero-order valence-corrected chi connectivity index (χ0v) is 18.8. The Morgan fingerprint density at radius 1 is 1.09 bits per heavy atom. The van der Waals surface area contributed by atoms with Crippen LogP contribution in [0.3, 0.4) is 0 Å². The fourth-order valence-electron chi connectivity index (χ4n) is 4.88. The van der Waals surface area contributed by atoms with E-state index in [1.807, 2.05) is 18.2 Å². The highest BCUT2D eigenvalue weighted by atomic mass is 19.1. The molecular weight excluding hydrogens is 439 g/mol. The van der Waals surface area contributed by atoms with Crippen molar-refractivity contribution in [3.63, 3.8) is 0 Å². The number of hydrogen-bond donors (Lipinski definition) is 3. The van der Waals surface area contributed by atoms with Crippen LogP contribution in [-0.4, -0.2) is 41.8 Å². The second kappa shape index (κ2) is 9.72. The minimum atomic E-state index is -0.566. The molecule has 0 spiro atoms. The highest BCUT2D eigenvalue weighted by Gasteiger charge is 2.46. The van der Waals surface area contributed by atoms with Gasteiger partial charge in [-0.1, -0.05) is 18.2 Å². The summed E-state index contributed by atoms with van der Waals surface area (Å²) in [5, 5.41) is 15.6. The van der Waals surface area contributed by atoms with Crippen LogP contribution in [0.1, 0.15) is 49.1 Å². The second-order valence-electron chi connectivity index (χ2n) is 9.42. The number of ether oxygens (including phenoxy) is 2. The average molecular weight is 469 g/mol. The van der Waals surface area contributed by atoms with E-state index in [2.05, 4.69) is 10.6 Å². The van der Waals surface area contributed by atoms with Crippen molar-refractivity contribution in [2.45, 2.75) is 62.9 Å². The molecule has 2 fully saturated rings. The quantitative estimate of drug-likeness (QED) is 0.553. The predicted molar refractivity (Wildman–Crippen MR) is 123 cm³/mol. The largest absolute Gasteiger partial charge is 0.487 e. The highest BCUT2D eigenvalue weighted by molar-refractivity contribution is 5.91. The molecule has 0 aromatic heterocycles. The van der Waals surface area contributed by atoms with Crippen molar-refractivity contribution in [1.29, 1.82) is 0 Å². The zero-order valence-electron chi connectivity index (χ0n) is 18.8. The van der Waals surface area contributed by atoms with Gasteiger partial charge in [-0.25, -0.2) is 4.39 Å². The Bertz CT molecular complexity index is 1070. The lowest BCUT2D eigenvalue weighted by Gasteiger charge is -2.37. The van der Waals surface area contributed by atoms with Gasteiger partial charge in [0.1, 0.15) is 23.8 Å². The Balaban J connectivity index is 1.23. The summed E-state index contributed by atoms with van der Waals surface area (Å²) in [4.78, 5) is 24.8. The second-order valence-corrected chi connectivity index (χ2v) is 9.42. The van der Waals surface area contributed by atoms with Crippen LogP contribution in [-0.2, 0) is 20.9 Å². The van der Waals surface area contributed by atoms with Gasteiger partial charge in [-0.15, -0.1) is 0 Å². The maximum Gasteiger partial charge on any atom is 0.224 e. The lowest BCUT2D eigenvalue weighted by Crippen LogP contribution is -2.47. The monoisotopic (exact) mass is 468 g/mol. The molecule has 1 saturated heterocycles. The predicted octanol–water partition coefficient (Wildman–Crippen LogP) is 3.27. The number of hydrogen-bond acceptors (Lipinski definition) is 5. The van der Waals surface area contributed by atoms with Gasteiger partial charge >= 0.3 is 0 Å². The van der Waals surface area contributed by atoms with Crippen molar-refractivity contribution in [1.82, 2.24) is 5.32 Å². The number of fused-ring (bicyclic) bond motifs is 3. The van der Waals surface area contributed by atoms with Crippen LogP contribution in [0.15, 0.2) is 42.5 Å². The smallest absolute Gasteiger partial charge is 0.224 e. The van der Waals surface area contributed by atoms with Crippen LogP contribution in [0.2, 0.25) is 0 Å². The minimum absolute atomic E-state index is 0.0162. The van der Waals surface area contributed by atoms with E-state index in [4.69, 9.17) is 9.47 Å². The van der Waals surface area contributed by atoms with Crippen molar-refractivity contribution in [3.05, 3.63) is 59.4 Å². The van der Waals surface area contributed by atoms with E-state index < -0.39 is 12.2 Å². The number of nitrogens with one attached hydrogen (secondary N) is 2. The van der Waals surface area contributed by atoms with Gasteiger partial charge in [0.05, 0.1) is 19.1 Å². The molecule has 3 aliphatic rings. The lowest BCUT2D eigenvalue weighted by molar-refractivity contribution is -0.142. The number of carbonyl (C=O) groups excluding carboxylic acids is 2. The summed E-state index contributed by atoms with van der Waals surface area (Å²) in [6, 6.07) is 11.9. The van der Waals surface area contributed by atoms with Crippen molar-refractivity contribution < 1.29 is 28.6 Å². The van der Waals surface area contributed by atoms with Gasteiger partial charge in [-0.2, -0.15) is 0 Å². The van der Waals surface area contributed by atoms with Gasteiger partial charge < -0.3 is 25.2 Å². The molecule has 5 rings (SSSR count). The maximum absolute atomic E-state index is 13.8. The summed E-state index contributed by atoms with van der Waals surface area (Å²) in [5.74, 6) is 0.562. The Morgan fingerprint density at radius 2 is 1.91 bits per heavy atom. The van der Waals surface area contributed by atoms with Crippen molar-refractivity contribution in [2.75, 3.05) is 11.9 Å². The number of amides is 2. The molecule has 8 heteroatoms. The molecule has 1 saturated carbocycles. The molecule has 2 heterocycles. The summed E-state index contributed by atoms with van der Waals surface area (Å²) < 4.78 is 25.9. The van der Waals surface area contributed by atoms with Gasteiger partial charge in [0, 0.05) is 35.7 Å². The van der Waals surface area contributed by atoms with E-state index >= 15 is 0 Å². The van der Waals surface area contributed by atoms with Gasteiger partial charge in [-0.05, 0) is 49.4 Å². The minimum Gasteiger partial charge on any atom is -0.487 e. The summed E-state index contributed by atoms with van der Waals surface area (Å²) in [6.45, 7) is -0.128. The van der Waals surface area contributed by atoms with E-state index in [0.717, 1.165) is 24.1 Å². The summed E-state index contributed by atoms with van der Waals surface area (Å²) in [7, 11) is 0. The molecule has 2 aliphatic heterocycles. The molecule has 180 valence electrons. The van der Waals surface area contributed by atoms with Crippen LogP contribution < -0.4 is 15.4 Å². The molecule has 2 amide bonds. The molecule has 34 heavy (non-hydrogen) atoms. The fourth-order valence-corrected chi connectivity index (χ4v) is 4.88. The van der Waals surface area contributed by atoms with Gasteiger partial charge in [0.25, 0.3) is 0 Å². The summed E-state index contributed by atoms with van der Waals surface area (Å²) in [6.07, 6.45) is 2.09. The molecule has 2 aromatic carbocycles. The molecule has 0 radical (unpaired) electrons. The van der Waals surface area contributed by atoms with E-state index in [9.17, 15) is 19.1 Å². The number of aliphatic hydroxyl groups excluding tert-OH is 1. The number of halogens is 1. The zero-order chi connectivity index (χ0) is 23.7. The Kier molecular flexibility index (Phi) is 6.52. The Morgan fingerprint density at radius 3 is 2.68 bits per heavy atom. The van der Waals surface area contributed by atoms with Crippen LogP contribution in [0, 0.1) is 11.7 Å². The first kappa shape index (κ1) is 22.8. The molecule has 1 aliphatic carbocycles. The number of rotatable bonds is 8. The molecule has 3 N–H and O–H groups in total. The lowest BCUT2D eigenvalue weighted by atomic mass is 9.84. The van der Waals surface area contributed by atoms with E-state index in [1.165, 1.54) is 6.07 Å². The van der Waals surface area contributed by atoms with Crippen molar-refractivity contribution in [3.8, 4) is 5.75 Å². The maximum atomic E-state index is 13.8.